The van der Waals surface area contributed by atoms with Crippen LogP contribution >= 0.6 is 0 Å². The second-order valence-corrected chi connectivity index (χ2v) is 5.20. The molecule has 0 saturated carbocycles. The summed E-state index contributed by atoms with van der Waals surface area (Å²) in [7, 11) is 0. The maximum atomic E-state index is 13.2. The van der Waals surface area contributed by atoms with Crippen LogP contribution in [-0.4, -0.2) is 10.5 Å². The predicted octanol–water partition coefficient (Wildman–Crippen LogP) is 4.08. The molecule has 0 N–H and O–H groups in total. The molecule has 0 radical (unpaired) electrons. The van der Waals surface area contributed by atoms with Crippen LogP contribution in [-0.2, 0) is 16.1 Å². The summed E-state index contributed by atoms with van der Waals surface area (Å²) in [6.07, 6.45) is 1.78. The standard InChI is InChI=1S/C18H16FNO2/c1-13(18(21)22-12-14-5-3-2-4-6-14)20-10-9-15-11-16(19)7-8-17(15)20/h2-11,13H,12H2,1H3. The van der Waals surface area contributed by atoms with E-state index in [9.17, 15) is 9.18 Å². The van der Waals surface area contributed by atoms with Crippen LogP contribution < -0.4 is 0 Å². The Labute approximate surface area is 127 Å². The minimum absolute atomic E-state index is 0.248. The molecule has 22 heavy (non-hydrogen) atoms. The van der Waals surface area contributed by atoms with Crippen molar-refractivity contribution >= 4 is 16.9 Å². The average molecular weight is 297 g/mol. The van der Waals surface area contributed by atoms with Gasteiger partial charge in [0, 0.05) is 17.1 Å². The molecule has 0 bridgehead atoms. The zero-order chi connectivity index (χ0) is 15.5. The van der Waals surface area contributed by atoms with E-state index in [1.54, 1.807) is 29.8 Å². The van der Waals surface area contributed by atoms with E-state index in [0.717, 1.165) is 16.5 Å². The van der Waals surface area contributed by atoms with Gasteiger partial charge in [-0.1, -0.05) is 30.3 Å². The molecule has 4 heteroatoms. The van der Waals surface area contributed by atoms with Gasteiger partial charge in [-0.3, -0.25) is 0 Å². The van der Waals surface area contributed by atoms with Gasteiger partial charge in [-0.15, -0.1) is 0 Å². The Kier molecular flexibility index (Phi) is 3.92. The maximum Gasteiger partial charge on any atom is 0.329 e. The molecule has 0 fully saturated rings. The molecule has 1 unspecified atom stereocenters. The largest absolute Gasteiger partial charge is 0.459 e. The molecular weight excluding hydrogens is 281 g/mol. The fourth-order valence-corrected chi connectivity index (χ4v) is 2.44. The summed E-state index contributed by atoms with van der Waals surface area (Å²) in [5.41, 5.74) is 1.76. The Balaban J connectivity index is 1.74. The van der Waals surface area contributed by atoms with Crippen LogP contribution in [0.15, 0.2) is 60.8 Å². The van der Waals surface area contributed by atoms with Crippen molar-refractivity contribution in [1.29, 1.82) is 0 Å². The van der Waals surface area contributed by atoms with Crippen LogP contribution in [0.5, 0.6) is 0 Å². The number of hydrogen-bond acceptors (Lipinski definition) is 2. The van der Waals surface area contributed by atoms with Crippen LogP contribution in [0.2, 0.25) is 0 Å². The summed E-state index contributed by atoms with van der Waals surface area (Å²) in [5.74, 6) is -0.602. The van der Waals surface area contributed by atoms with E-state index in [1.165, 1.54) is 12.1 Å². The van der Waals surface area contributed by atoms with Gasteiger partial charge in [0.25, 0.3) is 0 Å². The average Bonchev–Trinajstić information content (AvgIpc) is 2.95. The third-order valence-electron chi connectivity index (χ3n) is 3.66. The smallest absolute Gasteiger partial charge is 0.329 e. The van der Waals surface area contributed by atoms with Crippen molar-refractivity contribution in [2.75, 3.05) is 0 Å². The van der Waals surface area contributed by atoms with E-state index in [0.29, 0.717) is 0 Å². The first-order chi connectivity index (χ1) is 10.6. The fourth-order valence-electron chi connectivity index (χ4n) is 2.44. The Morgan fingerprint density at radius 3 is 2.73 bits per heavy atom. The number of hydrogen-bond donors (Lipinski definition) is 0. The molecule has 0 aliphatic carbocycles. The quantitative estimate of drug-likeness (QED) is 0.679. The molecule has 0 saturated heterocycles. The van der Waals surface area contributed by atoms with Gasteiger partial charge >= 0.3 is 5.97 Å². The molecular formula is C18H16FNO2. The first-order valence-electron chi connectivity index (χ1n) is 7.12. The van der Waals surface area contributed by atoms with E-state index in [-0.39, 0.29) is 18.4 Å². The van der Waals surface area contributed by atoms with Gasteiger partial charge in [0.1, 0.15) is 18.5 Å². The van der Waals surface area contributed by atoms with E-state index >= 15 is 0 Å². The van der Waals surface area contributed by atoms with Gasteiger partial charge < -0.3 is 9.30 Å². The number of ether oxygens (including phenoxy) is 1. The number of benzene rings is 2. The van der Waals surface area contributed by atoms with Crippen LogP contribution in [0.25, 0.3) is 10.9 Å². The van der Waals surface area contributed by atoms with Crippen molar-refractivity contribution in [1.82, 2.24) is 4.57 Å². The highest BCUT2D eigenvalue weighted by Crippen LogP contribution is 2.22. The highest BCUT2D eigenvalue weighted by atomic mass is 19.1. The first-order valence-corrected chi connectivity index (χ1v) is 7.12. The molecule has 2 aromatic carbocycles. The second kappa shape index (κ2) is 6.02. The number of carbonyl (C=O) groups excluding carboxylic acids is 1. The fraction of sp³-hybridized carbons (Fsp3) is 0.167. The SMILES string of the molecule is CC(C(=O)OCc1ccccc1)n1ccc2cc(F)ccc21. The summed E-state index contributed by atoms with van der Waals surface area (Å²) in [6.45, 7) is 2.02. The summed E-state index contributed by atoms with van der Waals surface area (Å²) in [6, 6.07) is 15.4. The monoisotopic (exact) mass is 297 g/mol. The lowest BCUT2D eigenvalue weighted by Crippen LogP contribution is -2.18. The Morgan fingerprint density at radius 2 is 1.95 bits per heavy atom. The highest BCUT2D eigenvalue weighted by Gasteiger charge is 2.18. The lowest BCUT2D eigenvalue weighted by molar-refractivity contribution is -0.148. The van der Waals surface area contributed by atoms with Gasteiger partial charge in [0.05, 0.1) is 0 Å². The van der Waals surface area contributed by atoms with Crippen molar-refractivity contribution in [3.63, 3.8) is 0 Å². The predicted molar refractivity (Wildman–Crippen MR) is 82.8 cm³/mol. The highest BCUT2D eigenvalue weighted by molar-refractivity contribution is 5.83. The number of halogens is 1. The van der Waals surface area contributed by atoms with Gasteiger partial charge in [0.2, 0.25) is 0 Å². The third-order valence-corrected chi connectivity index (χ3v) is 3.66. The number of nitrogens with zero attached hydrogens (tertiary/aromatic N) is 1. The molecule has 0 spiro atoms. The van der Waals surface area contributed by atoms with Crippen LogP contribution in [0.1, 0.15) is 18.5 Å². The number of fused-ring (bicyclic) bond motifs is 1. The second-order valence-electron chi connectivity index (χ2n) is 5.20. The molecule has 3 aromatic rings. The molecule has 0 amide bonds. The van der Waals surface area contributed by atoms with E-state index < -0.39 is 6.04 Å². The molecule has 3 nitrogen and oxygen atoms in total. The Morgan fingerprint density at radius 1 is 1.18 bits per heavy atom. The molecule has 0 aliphatic rings. The van der Waals surface area contributed by atoms with Crippen molar-refractivity contribution in [3.8, 4) is 0 Å². The molecule has 0 aliphatic heterocycles. The normalized spacial score (nSPS) is 12.3. The summed E-state index contributed by atoms with van der Waals surface area (Å²) in [4.78, 5) is 12.2. The zero-order valence-electron chi connectivity index (χ0n) is 12.2. The molecule has 1 heterocycles. The Bertz CT molecular complexity index is 795. The zero-order valence-corrected chi connectivity index (χ0v) is 12.2. The minimum Gasteiger partial charge on any atom is -0.459 e. The van der Waals surface area contributed by atoms with Crippen molar-refractivity contribution in [2.24, 2.45) is 0 Å². The van der Waals surface area contributed by atoms with Crippen molar-refractivity contribution in [3.05, 3.63) is 72.2 Å². The third kappa shape index (κ3) is 2.86. The minimum atomic E-state index is -0.466. The Hall–Kier alpha value is -2.62. The summed E-state index contributed by atoms with van der Waals surface area (Å²) >= 11 is 0. The number of aromatic nitrogens is 1. The summed E-state index contributed by atoms with van der Waals surface area (Å²) in [5, 5.41) is 0.766. The van der Waals surface area contributed by atoms with Crippen LogP contribution in [0, 0.1) is 5.82 Å². The van der Waals surface area contributed by atoms with Gasteiger partial charge in [-0.2, -0.15) is 0 Å². The van der Waals surface area contributed by atoms with Gasteiger partial charge in [-0.25, -0.2) is 9.18 Å². The van der Waals surface area contributed by atoms with Crippen LogP contribution in [0.4, 0.5) is 4.39 Å². The van der Waals surface area contributed by atoms with E-state index in [2.05, 4.69) is 0 Å². The topological polar surface area (TPSA) is 31.2 Å². The molecule has 1 aromatic heterocycles. The van der Waals surface area contributed by atoms with Crippen LogP contribution in [0.3, 0.4) is 0 Å². The number of esters is 1. The van der Waals surface area contributed by atoms with Gasteiger partial charge in [-0.05, 0) is 36.8 Å². The first kappa shape index (κ1) is 14.3. The molecule has 3 rings (SSSR count). The molecule has 1 atom stereocenters. The van der Waals surface area contributed by atoms with Crippen molar-refractivity contribution in [2.45, 2.75) is 19.6 Å². The number of rotatable bonds is 4. The van der Waals surface area contributed by atoms with Crippen molar-refractivity contribution < 1.29 is 13.9 Å². The maximum absolute atomic E-state index is 13.2. The van der Waals surface area contributed by atoms with E-state index in [1.807, 2.05) is 30.3 Å². The van der Waals surface area contributed by atoms with E-state index in [4.69, 9.17) is 4.74 Å². The number of carbonyl (C=O) groups is 1. The van der Waals surface area contributed by atoms with Gasteiger partial charge in [0.15, 0.2) is 0 Å². The molecule has 112 valence electrons. The lowest BCUT2D eigenvalue weighted by Gasteiger charge is -2.14. The summed E-state index contributed by atoms with van der Waals surface area (Å²) < 4.78 is 20.4. The lowest BCUT2D eigenvalue weighted by atomic mass is 10.2.